The molecule has 0 bridgehead atoms. The molecule has 0 saturated heterocycles. The number of hydrogen-bond acceptors (Lipinski definition) is 7. The van der Waals surface area contributed by atoms with E-state index in [4.69, 9.17) is 13.8 Å². The quantitative estimate of drug-likeness (QED) is 0.139. The Morgan fingerprint density at radius 1 is 0.875 bits per heavy atom. The number of ether oxygens (including phenoxy) is 1. The first kappa shape index (κ1) is 31.2. The lowest BCUT2D eigenvalue weighted by molar-refractivity contribution is 0.186. The molecule has 8 nitrogen and oxygen atoms in total. The molecule has 0 saturated carbocycles. The van der Waals surface area contributed by atoms with E-state index in [0.717, 1.165) is 16.0 Å². The Balaban J connectivity index is 0.00000441. The molecule has 4 aromatic rings. The molecule has 0 spiro atoms. The lowest BCUT2D eigenvalue weighted by atomic mass is 10.2. The van der Waals surface area contributed by atoms with E-state index in [9.17, 15) is 14.2 Å². The van der Waals surface area contributed by atoms with Gasteiger partial charge >= 0.3 is 13.3 Å². The Hall–Kier alpha value is -3.36. The summed E-state index contributed by atoms with van der Waals surface area (Å²) in [4.78, 5) is 27.5. The van der Waals surface area contributed by atoms with Crippen molar-refractivity contribution in [2.24, 2.45) is 0 Å². The molecule has 0 aliphatic heterocycles. The van der Waals surface area contributed by atoms with E-state index in [-0.39, 0.29) is 33.4 Å². The number of benzene rings is 3. The lowest BCUT2D eigenvalue weighted by Gasteiger charge is -2.19. The van der Waals surface area contributed by atoms with Crippen LogP contribution >= 0.6 is 19.4 Å². The highest BCUT2D eigenvalue weighted by atomic mass is 32.2. The highest BCUT2D eigenvalue weighted by Crippen LogP contribution is 2.49. The number of rotatable bonds is 13. The molecule has 0 radical (unpaired) electrons. The number of nitrogens with zero attached hydrogens (tertiary/aromatic N) is 1. The molecule has 0 fully saturated rings. The molecule has 1 N–H and O–H groups in total. The van der Waals surface area contributed by atoms with Gasteiger partial charge in [-0.2, -0.15) is 0 Å². The summed E-state index contributed by atoms with van der Waals surface area (Å²) in [5.74, 6) is 0.561. The van der Waals surface area contributed by atoms with Crippen LogP contribution in [0.4, 0.5) is 0 Å². The van der Waals surface area contributed by atoms with Crippen LogP contribution in [0.3, 0.4) is 0 Å². The van der Waals surface area contributed by atoms with Gasteiger partial charge in [-0.1, -0.05) is 85.9 Å². The van der Waals surface area contributed by atoms with Crippen molar-refractivity contribution in [3.63, 3.8) is 0 Å². The Bertz CT molecular complexity index is 1490. The number of aromatic amines is 1. The second-order valence-electron chi connectivity index (χ2n) is 8.71. The molecule has 0 unspecified atom stereocenters. The predicted octanol–water partition coefficient (Wildman–Crippen LogP) is 6.66. The molecule has 1 aromatic heterocycles. The van der Waals surface area contributed by atoms with Crippen molar-refractivity contribution in [3.05, 3.63) is 122 Å². The van der Waals surface area contributed by atoms with E-state index >= 15 is 0 Å². The van der Waals surface area contributed by atoms with Crippen molar-refractivity contribution in [1.82, 2.24) is 9.55 Å². The number of H-pyrrole nitrogens is 1. The van der Waals surface area contributed by atoms with Gasteiger partial charge in [0, 0.05) is 17.0 Å². The second-order valence-corrected chi connectivity index (χ2v) is 12.0. The van der Waals surface area contributed by atoms with Crippen molar-refractivity contribution in [2.45, 2.75) is 51.0 Å². The minimum atomic E-state index is -3.49. The van der Waals surface area contributed by atoms with Crippen molar-refractivity contribution >= 4 is 19.4 Å². The average Bonchev–Trinajstić information content (AvgIpc) is 2.95. The summed E-state index contributed by atoms with van der Waals surface area (Å²) >= 11 is 1.32. The van der Waals surface area contributed by atoms with Gasteiger partial charge in [0.2, 0.25) is 0 Å². The third kappa shape index (κ3) is 8.57. The third-order valence-corrected chi connectivity index (χ3v) is 8.87. The summed E-state index contributed by atoms with van der Waals surface area (Å²) in [6.45, 7) is 4.40. The number of hydrogen-bond donors (Lipinski definition) is 1. The maximum Gasteiger partial charge on any atom is 0.334 e. The Morgan fingerprint density at radius 2 is 1.48 bits per heavy atom. The highest BCUT2D eigenvalue weighted by Gasteiger charge is 2.25. The van der Waals surface area contributed by atoms with Gasteiger partial charge in [-0.3, -0.25) is 18.9 Å². The van der Waals surface area contributed by atoms with Gasteiger partial charge < -0.3 is 13.8 Å². The minimum Gasteiger partial charge on any atom is -0.493 e. The fourth-order valence-electron chi connectivity index (χ4n) is 3.74. The van der Waals surface area contributed by atoms with Crippen LogP contribution in [0.5, 0.6) is 5.75 Å². The molecular formula is C30H35N2O6PS. The van der Waals surface area contributed by atoms with Gasteiger partial charge in [0.1, 0.15) is 5.75 Å². The fourth-order valence-corrected chi connectivity index (χ4v) is 6.20. The molecular weight excluding hydrogens is 547 g/mol. The van der Waals surface area contributed by atoms with Gasteiger partial charge in [0.05, 0.1) is 31.0 Å². The van der Waals surface area contributed by atoms with Crippen LogP contribution in [0.2, 0.25) is 0 Å². The molecule has 4 rings (SSSR count). The number of nitrogens with one attached hydrogen (secondary N) is 1. The van der Waals surface area contributed by atoms with Crippen LogP contribution in [0.15, 0.2) is 104 Å². The molecule has 10 heteroatoms. The first-order valence-electron chi connectivity index (χ1n) is 12.6. The first-order valence-corrected chi connectivity index (χ1v) is 15.1. The van der Waals surface area contributed by atoms with Crippen molar-refractivity contribution in [3.8, 4) is 5.75 Å². The predicted molar refractivity (Wildman–Crippen MR) is 159 cm³/mol. The highest BCUT2D eigenvalue weighted by molar-refractivity contribution is 7.99. The van der Waals surface area contributed by atoms with E-state index in [0.29, 0.717) is 22.9 Å². The topological polar surface area (TPSA) is 99.6 Å². The zero-order chi connectivity index (χ0) is 27.7. The van der Waals surface area contributed by atoms with E-state index in [1.807, 2.05) is 85.8 Å². The summed E-state index contributed by atoms with van der Waals surface area (Å²) in [5, 5.41) is 0.580. The zero-order valence-electron chi connectivity index (χ0n) is 21.9. The van der Waals surface area contributed by atoms with Crippen LogP contribution in [0.1, 0.15) is 31.0 Å². The van der Waals surface area contributed by atoms with Crippen molar-refractivity contribution in [1.29, 1.82) is 0 Å². The zero-order valence-corrected chi connectivity index (χ0v) is 23.6. The van der Waals surface area contributed by atoms with Crippen LogP contribution in [0, 0.1) is 6.92 Å². The van der Waals surface area contributed by atoms with E-state index in [2.05, 4.69) is 4.98 Å². The minimum absolute atomic E-state index is 0. The summed E-state index contributed by atoms with van der Waals surface area (Å²) in [6.07, 6.45) is 0.0621. The maximum atomic E-state index is 13.6. The van der Waals surface area contributed by atoms with Crippen LogP contribution < -0.4 is 16.0 Å². The Morgan fingerprint density at radius 3 is 2.05 bits per heavy atom. The molecule has 212 valence electrons. The molecule has 0 aliphatic rings. The Labute approximate surface area is 238 Å². The van der Waals surface area contributed by atoms with Gasteiger partial charge in [-0.25, -0.2) is 4.79 Å². The van der Waals surface area contributed by atoms with E-state index in [1.54, 1.807) is 13.0 Å². The van der Waals surface area contributed by atoms with Crippen molar-refractivity contribution < 1.29 is 18.3 Å². The van der Waals surface area contributed by atoms with Crippen LogP contribution in [0.25, 0.3) is 0 Å². The molecule has 3 aromatic carbocycles. The van der Waals surface area contributed by atoms with Gasteiger partial charge in [-0.05, 0) is 43.2 Å². The third-order valence-electron chi connectivity index (χ3n) is 5.88. The molecule has 0 amide bonds. The summed E-state index contributed by atoms with van der Waals surface area (Å²) < 4.78 is 32.7. The standard InChI is InChI=1S/C29H31N2O6PS.CH4/c1-3-31-28(22(2)27(32)30-29(31)33)39-26-16-10-15-25(19-26)35-17-18-38(34,36-20-23-11-6-4-7-12-23)37-21-24-13-8-5-9-14-24;/h4-16,19H,3,17-18,20-21H2,1-2H3,(H,30,32,33);1H4. The molecule has 1 heterocycles. The van der Waals surface area contributed by atoms with Gasteiger partial charge in [-0.15, -0.1) is 0 Å². The first-order chi connectivity index (χ1) is 18.9. The monoisotopic (exact) mass is 582 g/mol. The number of aromatic nitrogens is 2. The average molecular weight is 583 g/mol. The molecule has 0 aliphatic carbocycles. The summed E-state index contributed by atoms with van der Waals surface area (Å²) in [6, 6.07) is 26.3. The summed E-state index contributed by atoms with van der Waals surface area (Å²) in [5.41, 5.74) is 1.42. The van der Waals surface area contributed by atoms with E-state index in [1.165, 1.54) is 16.3 Å². The van der Waals surface area contributed by atoms with E-state index < -0.39 is 18.8 Å². The normalized spacial score (nSPS) is 11.2. The van der Waals surface area contributed by atoms with Crippen LogP contribution in [-0.2, 0) is 33.4 Å². The largest absolute Gasteiger partial charge is 0.493 e. The van der Waals surface area contributed by atoms with Crippen molar-refractivity contribution in [2.75, 3.05) is 12.8 Å². The fraction of sp³-hybridized carbons (Fsp3) is 0.267. The smallest absolute Gasteiger partial charge is 0.334 e. The lowest BCUT2D eigenvalue weighted by Crippen LogP contribution is -2.32. The maximum absolute atomic E-state index is 13.6. The molecule has 40 heavy (non-hydrogen) atoms. The summed E-state index contributed by atoms with van der Waals surface area (Å²) in [7, 11) is -3.49. The van der Waals surface area contributed by atoms with Gasteiger partial charge in [0.15, 0.2) is 0 Å². The van der Waals surface area contributed by atoms with Gasteiger partial charge in [0.25, 0.3) is 5.56 Å². The van der Waals surface area contributed by atoms with Crippen LogP contribution in [-0.4, -0.2) is 22.3 Å². The Kier molecular flexibility index (Phi) is 11.6. The SMILES string of the molecule is C.CCn1c(Sc2cccc(OCCP(=O)(OCc3ccccc3)OCc3ccccc3)c2)c(C)c(=O)[nH]c1=O. The second kappa shape index (κ2) is 14.9. The molecule has 0 atom stereocenters.